The lowest BCUT2D eigenvalue weighted by Gasteiger charge is -2.57. The van der Waals surface area contributed by atoms with E-state index in [2.05, 4.69) is 0 Å². The van der Waals surface area contributed by atoms with E-state index in [1.807, 2.05) is 0 Å². The first-order chi connectivity index (χ1) is 7.53. The summed E-state index contributed by atoms with van der Waals surface area (Å²) in [6.07, 6.45) is 4.17. The maximum absolute atomic E-state index is 11.5. The van der Waals surface area contributed by atoms with Gasteiger partial charge in [0.25, 0.3) is 0 Å². The van der Waals surface area contributed by atoms with E-state index >= 15 is 0 Å². The topological polar surface area (TPSA) is 74.6 Å². The second kappa shape index (κ2) is 4.89. The largest absolute Gasteiger partial charge is 0.481 e. The van der Waals surface area contributed by atoms with Crippen molar-refractivity contribution >= 4 is 36.8 Å². The second-order valence-electron chi connectivity index (χ2n) is 5.88. The highest BCUT2D eigenvalue weighted by Gasteiger charge is 2.63. The molecule has 18 heavy (non-hydrogen) atoms. The first kappa shape index (κ1) is 15.6. The Kier molecular flexibility index (Phi) is 4.23. The van der Waals surface area contributed by atoms with Gasteiger partial charge < -0.3 is 10.2 Å². The van der Waals surface area contributed by atoms with Gasteiger partial charge in [0, 0.05) is 0 Å². The summed E-state index contributed by atoms with van der Waals surface area (Å²) in [5, 5.41) is 18.7. The van der Waals surface area contributed by atoms with E-state index in [1.54, 1.807) is 0 Å². The molecule has 0 radical (unpaired) electrons. The van der Waals surface area contributed by atoms with Gasteiger partial charge in [-0.1, -0.05) is 0 Å². The molecule has 4 fully saturated rings. The van der Waals surface area contributed by atoms with Crippen LogP contribution < -0.4 is 0 Å². The zero-order chi connectivity index (χ0) is 11.5. The Morgan fingerprint density at radius 3 is 1.83 bits per heavy atom. The molecule has 4 aliphatic rings. The smallest absolute Gasteiger partial charge is 0.310 e. The molecule has 2 N–H and O–H groups in total. The number of hydrogen-bond donors (Lipinski definition) is 2. The molecule has 3 unspecified atom stereocenters. The van der Waals surface area contributed by atoms with E-state index < -0.39 is 23.3 Å². The van der Waals surface area contributed by atoms with E-state index in [-0.39, 0.29) is 30.7 Å². The van der Waals surface area contributed by atoms with Gasteiger partial charge in [0.05, 0.1) is 11.3 Å². The van der Waals surface area contributed by atoms with Gasteiger partial charge in [-0.15, -0.1) is 24.8 Å². The molecule has 0 aromatic carbocycles. The van der Waals surface area contributed by atoms with Gasteiger partial charge in [-0.25, -0.2) is 0 Å². The molecule has 4 nitrogen and oxygen atoms in total. The Hall–Kier alpha value is -0.480. The SMILES string of the molecule is Cl.Cl.O=C(O)C1C2CC3CC(C2)CC1(C(=O)O)C3. The number of carbonyl (C=O) groups is 2. The summed E-state index contributed by atoms with van der Waals surface area (Å²) in [7, 11) is 0. The van der Waals surface area contributed by atoms with E-state index in [0.717, 1.165) is 19.3 Å². The van der Waals surface area contributed by atoms with E-state index in [1.165, 1.54) is 0 Å². The molecule has 4 aliphatic carbocycles. The summed E-state index contributed by atoms with van der Waals surface area (Å²) in [6, 6.07) is 0. The van der Waals surface area contributed by atoms with Crippen molar-refractivity contribution < 1.29 is 19.8 Å². The van der Waals surface area contributed by atoms with E-state index in [4.69, 9.17) is 0 Å². The average molecular weight is 297 g/mol. The normalized spacial score (nSPS) is 43.8. The van der Waals surface area contributed by atoms with Gasteiger partial charge in [0.1, 0.15) is 0 Å². The predicted molar refractivity (Wildman–Crippen MR) is 69.2 cm³/mol. The van der Waals surface area contributed by atoms with Gasteiger partial charge in [0.2, 0.25) is 0 Å². The molecular weight excluding hydrogens is 279 g/mol. The highest BCUT2D eigenvalue weighted by atomic mass is 35.5. The van der Waals surface area contributed by atoms with Crippen LogP contribution in [0.4, 0.5) is 0 Å². The lowest BCUT2D eigenvalue weighted by molar-refractivity contribution is -0.189. The standard InChI is InChI=1S/C12H16O4.2ClH/c13-10(14)9-8-2-6-1-7(3-8)5-12(9,4-6)11(15)16;;/h6-9H,1-5H2,(H,13,14)(H,15,16);2*1H. The maximum atomic E-state index is 11.5. The lowest BCUT2D eigenvalue weighted by atomic mass is 9.45. The van der Waals surface area contributed by atoms with Crippen LogP contribution in [0.2, 0.25) is 0 Å². The van der Waals surface area contributed by atoms with Gasteiger partial charge in [-0.2, -0.15) is 0 Å². The van der Waals surface area contributed by atoms with Crippen LogP contribution in [-0.2, 0) is 9.59 Å². The van der Waals surface area contributed by atoms with Crippen molar-refractivity contribution in [2.75, 3.05) is 0 Å². The summed E-state index contributed by atoms with van der Waals surface area (Å²) < 4.78 is 0. The third-order valence-corrected chi connectivity index (χ3v) is 5.00. The van der Waals surface area contributed by atoms with Crippen LogP contribution in [-0.4, -0.2) is 22.2 Å². The van der Waals surface area contributed by atoms with Crippen molar-refractivity contribution in [1.29, 1.82) is 0 Å². The van der Waals surface area contributed by atoms with Crippen LogP contribution >= 0.6 is 24.8 Å². The van der Waals surface area contributed by atoms with Crippen LogP contribution in [0.25, 0.3) is 0 Å². The molecule has 4 rings (SSSR count). The summed E-state index contributed by atoms with van der Waals surface area (Å²) in [6.45, 7) is 0. The number of hydrogen-bond acceptors (Lipinski definition) is 2. The molecule has 104 valence electrons. The van der Waals surface area contributed by atoms with Crippen LogP contribution in [0.3, 0.4) is 0 Å². The Labute approximate surface area is 118 Å². The van der Waals surface area contributed by atoms with Gasteiger partial charge >= 0.3 is 11.9 Å². The van der Waals surface area contributed by atoms with Gasteiger partial charge in [-0.05, 0) is 49.9 Å². The maximum Gasteiger partial charge on any atom is 0.310 e. The summed E-state index contributed by atoms with van der Waals surface area (Å²) in [5.74, 6) is -1.38. The van der Waals surface area contributed by atoms with Crippen molar-refractivity contribution in [3.8, 4) is 0 Å². The summed E-state index contributed by atoms with van der Waals surface area (Å²) in [4.78, 5) is 22.8. The molecule has 0 aromatic rings. The average Bonchev–Trinajstić information content (AvgIpc) is 2.14. The zero-order valence-corrected chi connectivity index (χ0v) is 11.5. The number of carboxylic acid groups (broad SMARTS) is 2. The first-order valence-electron chi connectivity index (χ1n) is 5.99. The fourth-order valence-electron chi connectivity index (χ4n) is 4.79. The zero-order valence-electron chi connectivity index (χ0n) is 9.87. The molecule has 6 heteroatoms. The fraction of sp³-hybridized carbons (Fsp3) is 0.833. The number of aliphatic carboxylic acids is 2. The molecule has 0 amide bonds. The molecule has 0 heterocycles. The van der Waals surface area contributed by atoms with Crippen molar-refractivity contribution in [3.63, 3.8) is 0 Å². The van der Waals surface area contributed by atoms with Crippen LogP contribution in [0.15, 0.2) is 0 Å². The molecule has 4 saturated carbocycles. The third-order valence-electron chi connectivity index (χ3n) is 5.00. The Morgan fingerprint density at radius 2 is 1.44 bits per heavy atom. The first-order valence-corrected chi connectivity index (χ1v) is 5.99. The van der Waals surface area contributed by atoms with E-state index in [9.17, 15) is 19.8 Å². The van der Waals surface area contributed by atoms with E-state index in [0.29, 0.717) is 24.7 Å². The highest BCUT2D eigenvalue weighted by Crippen LogP contribution is 2.62. The second-order valence-corrected chi connectivity index (χ2v) is 5.88. The molecule has 4 bridgehead atoms. The Morgan fingerprint density at radius 1 is 0.944 bits per heavy atom. The predicted octanol–water partition coefficient (Wildman–Crippen LogP) is 2.44. The minimum Gasteiger partial charge on any atom is -0.481 e. The van der Waals surface area contributed by atoms with Crippen LogP contribution in [0, 0.1) is 29.1 Å². The molecule has 0 saturated heterocycles. The lowest BCUT2D eigenvalue weighted by Crippen LogP contribution is -2.58. The third kappa shape index (κ3) is 1.90. The summed E-state index contributed by atoms with van der Waals surface area (Å²) in [5.41, 5.74) is -0.944. The molecule has 3 atom stereocenters. The molecular formula is C12H18Cl2O4. The Bertz CT molecular complexity index is 357. The number of rotatable bonds is 2. The van der Waals surface area contributed by atoms with Crippen molar-refractivity contribution in [1.82, 2.24) is 0 Å². The minimum absolute atomic E-state index is 0. The van der Waals surface area contributed by atoms with Crippen molar-refractivity contribution in [3.05, 3.63) is 0 Å². The monoisotopic (exact) mass is 296 g/mol. The summed E-state index contributed by atoms with van der Waals surface area (Å²) >= 11 is 0. The molecule has 0 aliphatic heterocycles. The highest BCUT2D eigenvalue weighted by molar-refractivity contribution is 5.86. The molecule has 0 spiro atoms. The van der Waals surface area contributed by atoms with Gasteiger partial charge in [0.15, 0.2) is 0 Å². The van der Waals surface area contributed by atoms with Gasteiger partial charge in [-0.3, -0.25) is 9.59 Å². The minimum atomic E-state index is -0.944. The fourth-order valence-corrected chi connectivity index (χ4v) is 4.79. The number of halogens is 2. The van der Waals surface area contributed by atoms with Crippen molar-refractivity contribution in [2.45, 2.75) is 32.1 Å². The quantitative estimate of drug-likeness (QED) is 0.821. The van der Waals surface area contributed by atoms with Crippen LogP contribution in [0.1, 0.15) is 32.1 Å². The van der Waals surface area contributed by atoms with Crippen molar-refractivity contribution in [2.24, 2.45) is 29.1 Å². The van der Waals surface area contributed by atoms with Crippen LogP contribution in [0.5, 0.6) is 0 Å². The molecule has 0 aromatic heterocycles. The Balaban J connectivity index is 0.000000810. The number of carboxylic acids is 2.